The number of rotatable bonds is 7. The summed E-state index contributed by atoms with van der Waals surface area (Å²) in [5.74, 6) is 2.04. The quantitative estimate of drug-likeness (QED) is 0.418. The third-order valence-electron chi connectivity index (χ3n) is 8.17. The van der Waals surface area contributed by atoms with Crippen molar-refractivity contribution in [3.8, 4) is 5.75 Å². The van der Waals surface area contributed by atoms with Gasteiger partial charge in [0.05, 0.1) is 6.61 Å². The summed E-state index contributed by atoms with van der Waals surface area (Å²) in [6.07, 6.45) is 11.2. The van der Waals surface area contributed by atoms with Crippen LogP contribution in [-0.4, -0.2) is 6.61 Å². The number of halogens is 2. The molecule has 1 nitrogen and oxygen atoms in total. The van der Waals surface area contributed by atoms with E-state index in [9.17, 15) is 8.78 Å². The molecule has 1 atom stereocenters. The Morgan fingerprint density at radius 3 is 1.97 bits per heavy atom. The standard InChI is InChI=1S/C29H38F2O/c1-3-32-29-27(30)18-26(19-28(29)31)25-15-13-24(14-16-25)23-11-9-21(10-12-23)17-20(2)22-7-5-4-6-8-22/h4-8,18-21,23-25H,3,9-17H2,1-2H3. The van der Waals surface area contributed by atoms with Crippen molar-refractivity contribution in [2.24, 2.45) is 17.8 Å². The van der Waals surface area contributed by atoms with Crippen LogP contribution >= 0.6 is 0 Å². The second-order valence-corrected chi connectivity index (χ2v) is 10.2. The molecule has 174 valence electrons. The Morgan fingerprint density at radius 1 is 0.844 bits per heavy atom. The van der Waals surface area contributed by atoms with Crippen molar-refractivity contribution in [2.45, 2.75) is 83.5 Å². The molecular weight excluding hydrogens is 402 g/mol. The fourth-order valence-corrected chi connectivity index (χ4v) is 6.33. The van der Waals surface area contributed by atoms with E-state index in [2.05, 4.69) is 37.3 Å². The van der Waals surface area contributed by atoms with Crippen LogP contribution in [0.15, 0.2) is 42.5 Å². The minimum Gasteiger partial charge on any atom is -0.488 e. The highest BCUT2D eigenvalue weighted by atomic mass is 19.1. The Balaban J connectivity index is 1.25. The van der Waals surface area contributed by atoms with E-state index >= 15 is 0 Å². The summed E-state index contributed by atoms with van der Waals surface area (Å²) in [7, 11) is 0. The Kier molecular flexibility index (Phi) is 7.86. The fraction of sp³-hybridized carbons (Fsp3) is 0.586. The van der Waals surface area contributed by atoms with Crippen molar-refractivity contribution in [3.05, 3.63) is 65.2 Å². The van der Waals surface area contributed by atoms with Crippen molar-refractivity contribution in [1.29, 1.82) is 0 Å². The maximum atomic E-state index is 14.3. The van der Waals surface area contributed by atoms with Gasteiger partial charge >= 0.3 is 0 Å². The average Bonchev–Trinajstić information content (AvgIpc) is 2.82. The Bertz CT molecular complexity index is 826. The predicted octanol–water partition coefficient (Wildman–Crippen LogP) is 8.64. The van der Waals surface area contributed by atoms with Gasteiger partial charge < -0.3 is 4.74 Å². The minimum atomic E-state index is -0.563. The van der Waals surface area contributed by atoms with Crippen LogP contribution < -0.4 is 4.74 Å². The van der Waals surface area contributed by atoms with E-state index in [1.165, 1.54) is 62.6 Å². The first-order valence-corrected chi connectivity index (χ1v) is 12.7. The normalized spacial score (nSPS) is 27.1. The zero-order valence-electron chi connectivity index (χ0n) is 19.7. The van der Waals surface area contributed by atoms with Crippen LogP contribution in [0.3, 0.4) is 0 Å². The molecule has 32 heavy (non-hydrogen) atoms. The van der Waals surface area contributed by atoms with E-state index < -0.39 is 11.6 Å². The summed E-state index contributed by atoms with van der Waals surface area (Å²) in [6.45, 7) is 4.38. The molecule has 2 aliphatic rings. The highest BCUT2D eigenvalue weighted by molar-refractivity contribution is 5.33. The van der Waals surface area contributed by atoms with E-state index in [-0.39, 0.29) is 18.3 Å². The first-order valence-electron chi connectivity index (χ1n) is 12.7. The summed E-state index contributed by atoms with van der Waals surface area (Å²) in [6, 6.07) is 13.9. The highest BCUT2D eigenvalue weighted by Gasteiger charge is 2.32. The lowest BCUT2D eigenvalue weighted by Gasteiger charge is -2.38. The molecule has 0 radical (unpaired) electrons. The van der Waals surface area contributed by atoms with Crippen LogP contribution in [0, 0.1) is 29.4 Å². The smallest absolute Gasteiger partial charge is 0.190 e. The molecule has 0 aromatic heterocycles. The number of ether oxygens (including phenoxy) is 1. The molecule has 2 aliphatic carbocycles. The van der Waals surface area contributed by atoms with Gasteiger partial charge in [-0.3, -0.25) is 0 Å². The molecule has 0 N–H and O–H groups in total. The fourth-order valence-electron chi connectivity index (χ4n) is 6.33. The van der Waals surface area contributed by atoms with Crippen LogP contribution in [0.2, 0.25) is 0 Å². The molecule has 0 saturated heterocycles. The third kappa shape index (κ3) is 5.53. The van der Waals surface area contributed by atoms with Gasteiger partial charge in [0.1, 0.15) is 0 Å². The van der Waals surface area contributed by atoms with Crippen molar-refractivity contribution >= 4 is 0 Å². The molecule has 0 spiro atoms. The van der Waals surface area contributed by atoms with Gasteiger partial charge in [0, 0.05) is 0 Å². The first kappa shape index (κ1) is 23.3. The van der Waals surface area contributed by atoms with E-state index in [0.29, 0.717) is 5.92 Å². The van der Waals surface area contributed by atoms with Crippen molar-refractivity contribution in [3.63, 3.8) is 0 Å². The van der Waals surface area contributed by atoms with Crippen LogP contribution in [0.4, 0.5) is 8.78 Å². The van der Waals surface area contributed by atoms with Crippen molar-refractivity contribution in [1.82, 2.24) is 0 Å². The maximum absolute atomic E-state index is 14.3. The van der Waals surface area contributed by atoms with Gasteiger partial charge in [-0.25, -0.2) is 8.78 Å². The largest absolute Gasteiger partial charge is 0.488 e. The molecule has 0 amide bonds. The maximum Gasteiger partial charge on any atom is 0.190 e. The van der Waals surface area contributed by atoms with Crippen LogP contribution in [0.1, 0.15) is 94.6 Å². The van der Waals surface area contributed by atoms with Crippen LogP contribution in [0.25, 0.3) is 0 Å². The van der Waals surface area contributed by atoms with Gasteiger partial charge in [-0.05, 0) is 105 Å². The number of hydrogen-bond donors (Lipinski definition) is 0. The van der Waals surface area contributed by atoms with Gasteiger partial charge in [-0.15, -0.1) is 0 Å². The molecule has 4 rings (SSSR count). The Hall–Kier alpha value is -1.90. The van der Waals surface area contributed by atoms with E-state index in [1.807, 2.05) is 0 Å². The van der Waals surface area contributed by atoms with Crippen LogP contribution in [0.5, 0.6) is 5.75 Å². The summed E-state index contributed by atoms with van der Waals surface area (Å²) in [5.41, 5.74) is 2.27. The number of benzene rings is 2. The molecule has 0 bridgehead atoms. The third-order valence-corrected chi connectivity index (χ3v) is 8.17. The number of hydrogen-bond acceptors (Lipinski definition) is 1. The van der Waals surface area contributed by atoms with E-state index in [0.717, 1.165) is 36.2 Å². The van der Waals surface area contributed by atoms with Gasteiger partial charge in [-0.2, -0.15) is 0 Å². The SMILES string of the molecule is CCOc1c(F)cc(C2CCC(C3CCC(CC(C)c4ccccc4)CC3)CC2)cc1F. The Labute approximate surface area is 192 Å². The van der Waals surface area contributed by atoms with Gasteiger partial charge in [0.25, 0.3) is 0 Å². The first-order chi connectivity index (χ1) is 15.5. The summed E-state index contributed by atoms with van der Waals surface area (Å²) in [4.78, 5) is 0. The second kappa shape index (κ2) is 10.8. The summed E-state index contributed by atoms with van der Waals surface area (Å²) < 4.78 is 33.7. The predicted molar refractivity (Wildman–Crippen MR) is 127 cm³/mol. The Morgan fingerprint density at radius 2 is 1.41 bits per heavy atom. The van der Waals surface area contributed by atoms with E-state index in [4.69, 9.17) is 4.74 Å². The lowest BCUT2D eigenvalue weighted by atomic mass is 9.67. The lowest BCUT2D eigenvalue weighted by Crippen LogP contribution is -2.26. The second-order valence-electron chi connectivity index (χ2n) is 10.2. The zero-order valence-corrected chi connectivity index (χ0v) is 19.7. The van der Waals surface area contributed by atoms with Gasteiger partial charge in [0.15, 0.2) is 17.4 Å². The topological polar surface area (TPSA) is 9.23 Å². The molecule has 3 heteroatoms. The lowest BCUT2D eigenvalue weighted by molar-refractivity contribution is 0.154. The van der Waals surface area contributed by atoms with Gasteiger partial charge in [-0.1, -0.05) is 50.1 Å². The molecule has 2 aromatic rings. The highest BCUT2D eigenvalue weighted by Crippen LogP contribution is 2.45. The molecule has 2 fully saturated rings. The zero-order chi connectivity index (χ0) is 22.5. The molecule has 1 unspecified atom stereocenters. The summed E-state index contributed by atoms with van der Waals surface area (Å²) in [5, 5.41) is 0. The van der Waals surface area contributed by atoms with Gasteiger partial charge in [0.2, 0.25) is 0 Å². The molecule has 2 aromatic carbocycles. The minimum absolute atomic E-state index is 0.233. The van der Waals surface area contributed by atoms with E-state index in [1.54, 1.807) is 6.92 Å². The van der Waals surface area contributed by atoms with Crippen molar-refractivity contribution in [2.75, 3.05) is 6.61 Å². The summed E-state index contributed by atoms with van der Waals surface area (Å²) >= 11 is 0. The van der Waals surface area contributed by atoms with Crippen molar-refractivity contribution < 1.29 is 13.5 Å². The molecule has 0 heterocycles. The monoisotopic (exact) mass is 440 g/mol. The average molecular weight is 441 g/mol. The molecule has 0 aliphatic heterocycles. The van der Waals surface area contributed by atoms with Crippen LogP contribution in [-0.2, 0) is 0 Å². The molecule has 2 saturated carbocycles. The molecular formula is C29H38F2O.